The molecule has 2 aromatic rings. The predicted molar refractivity (Wildman–Crippen MR) is 107 cm³/mol. The van der Waals surface area contributed by atoms with Crippen molar-refractivity contribution in [1.29, 1.82) is 0 Å². The van der Waals surface area contributed by atoms with E-state index in [2.05, 4.69) is 16.3 Å². The van der Waals surface area contributed by atoms with E-state index >= 15 is 0 Å². The molecule has 0 N–H and O–H groups in total. The molecule has 0 saturated heterocycles. The normalized spacial score (nSPS) is 14.8. The molecule has 6 heteroatoms. The van der Waals surface area contributed by atoms with Crippen LogP contribution in [0, 0.1) is 0 Å². The summed E-state index contributed by atoms with van der Waals surface area (Å²) in [6, 6.07) is 9.16. The van der Waals surface area contributed by atoms with Gasteiger partial charge in [0.1, 0.15) is 6.04 Å². The zero-order valence-electron chi connectivity index (χ0n) is 15.5. The lowest BCUT2D eigenvalue weighted by molar-refractivity contribution is -0.147. The summed E-state index contributed by atoms with van der Waals surface area (Å²) in [5.41, 5.74) is 2.11. The smallest absolute Gasteiger partial charge is 0.327 e. The maximum Gasteiger partial charge on any atom is 0.327 e. The van der Waals surface area contributed by atoms with Crippen LogP contribution in [0.3, 0.4) is 0 Å². The number of rotatable bonds is 5. The average Bonchev–Trinajstić information content (AvgIpc) is 3.12. The highest BCUT2D eigenvalue weighted by atomic mass is 35.5. The molecule has 2 heterocycles. The van der Waals surface area contributed by atoms with Gasteiger partial charge in [-0.3, -0.25) is 4.90 Å². The van der Waals surface area contributed by atoms with E-state index < -0.39 is 6.04 Å². The van der Waals surface area contributed by atoms with Gasteiger partial charge in [-0.25, -0.2) is 4.79 Å². The van der Waals surface area contributed by atoms with Crippen LogP contribution < -0.4 is 0 Å². The van der Waals surface area contributed by atoms with E-state index in [0.717, 1.165) is 38.3 Å². The van der Waals surface area contributed by atoms with Gasteiger partial charge in [0.25, 0.3) is 0 Å². The number of hydrogen-bond acceptors (Lipinski definition) is 5. The van der Waals surface area contributed by atoms with Crippen LogP contribution in [-0.4, -0.2) is 37.7 Å². The molecule has 1 aliphatic heterocycles. The van der Waals surface area contributed by atoms with Crippen molar-refractivity contribution in [3.05, 3.63) is 56.7 Å². The summed E-state index contributed by atoms with van der Waals surface area (Å²) in [4.78, 5) is 15.8. The predicted octanol–water partition coefficient (Wildman–Crippen LogP) is 4.72. The van der Waals surface area contributed by atoms with Gasteiger partial charge in [0.15, 0.2) is 0 Å². The topological polar surface area (TPSA) is 38.8 Å². The first-order valence-corrected chi connectivity index (χ1v) is 10.1. The van der Waals surface area contributed by atoms with E-state index in [-0.39, 0.29) is 5.97 Å². The van der Waals surface area contributed by atoms with Crippen LogP contribution in [0.4, 0.5) is 0 Å². The second-order valence-corrected chi connectivity index (χ2v) is 7.23. The van der Waals surface area contributed by atoms with Crippen molar-refractivity contribution in [1.82, 2.24) is 4.90 Å². The van der Waals surface area contributed by atoms with Crippen molar-refractivity contribution < 1.29 is 14.3 Å². The largest absolute Gasteiger partial charge is 0.468 e. The fourth-order valence-electron chi connectivity index (χ4n) is 2.98. The summed E-state index contributed by atoms with van der Waals surface area (Å²) in [6.45, 7) is 7.25. The number of fused-ring (bicyclic) bond motifs is 1. The van der Waals surface area contributed by atoms with Crippen molar-refractivity contribution in [2.75, 3.05) is 26.9 Å². The Hall–Kier alpha value is -1.40. The van der Waals surface area contributed by atoms with Gasteiger partial charge in [0.05, 0.1) is 7.11 Å². The molecule has 142 valence electrons. The molecule has 0 fully saturated rings. The van der Waals surface area contributed by atoms with Crippen molar-refractivity contribution in [2.45, 2.75) is 32.9 Å². The number of carbonyl (C=O) groups excluding carboxylic acids is 1. The number of benzene rings is 1. The van der Waals surface area contributed by atoms with Gasteiger partial charge < -0.3 is 9.47 Å². The standard InChI is InChI=1S/C16H16ClNO2S.C4H10O/c1-20-16(19)15(12-4-2-3-5-13(12)17)18-8-6-14-11(10-18)7-9-21-14;1-3-5-4-2/h2-5,7,9,15H,6,8,10H2,1H3;3-4H2,1-2H3. The third-order valence-electron chi connectivity index (χ3n) is 4.23. The van der Waals surface area contributed by atoms with E-state index in [4.69, 9.17) is 21.1 Å². The molecule has 0 spiro atoms. The minimum absolute atomic E-state index is 0.262. The Morgan fingerprint density at radius 1 is 1.27 bits per heavy atom. The summed E-state index contributed by atoms with van der Waals surface area (Å²) in [5, 5.41) is 2.71. The molecule has 0 amide bonds. The maximum absolute atomic E-state index is 12.3. The molecule has 0 aliphatic carbocycles. The lowest BCUT2D eigenvalue weighted by Crippen LogP contribution is -2.38. The van der Waals surface area contributed by atoms with Crippen molar-refractivity contribution in [3.63, 3.8) is 0 Å². The fourth-order valence-corrected chi connectivity index (χ4v) is 4.10. The van der Waals surface area contributed by atoms with Crippen molar-refractivity contribution in [3.8, 4) is 0 Å². The quantitative estimate of drug-likeness (QED) is 0.687. The zero-order valence-corrected chi connectivity index (χ0v) is 17.1. The van der Waals surface area contributed by atoms with Crippen LogP contribution in [0.15, 0.2) is 35.7 Å². The minimum atomic E-state index is -0.447. The monoisotopic (exact) mass is 395 g/mol. The van der Waals surface area contributed by atoms with E-state index in [1.54, 1.807) is 11.3 Å². The second-order valence-electron chi connectivity index (χ2n) is 5.82. The Labute approximate surface area is 164 Å². The molecule has 1 aromatic heterocycles. The van der Waals surface area contributed by atoms with Crippen LogP contribution in [0.5, 0.6) is 0 Å². The van der Waals surface area contributed by atoms with Gasteiger partial charge in [-0.2, -0.15) is 0 Å². The molecule has 1 atom stereocenters. The molecular formula is C20H26ClNO3S. The molecule has 0 saturated carbocycles. The molecule has 4 nitrogen and oxygen atoms in total. The molecular weight excluding hydrogens is 370 g/mol. The third kappa shape index (κ3) is 5.30. The van der Waals surface area contributed by atoms with Crippen LogP contribution in [0.25, 0.3) is 0 Å². The van der Waals surface area contributed by atoms with Crippen LogP contribution >= 0.6 is 22.9 Å². The Morgan fingerprint density at radius 3 is 2.62 bits per heavy atom. The summed E-state index contributed by atoms with van der Waals surface area (Å²) in [7, 11) is 1.42. The summed E-state index contributed by atoms with van der Waals surface area (Å²) in [5.74, 6) is -0.262. The van der Waals surface area contributed by atoms with E-state index in [1.165, 1.54) is 17.6 Å². The van der Waals surface area contributed by atoms with Crippen LogP contribution in [0.2, 0.25) is 5.02 Å². The highest BCUT2D eigenvalue weighted by Gasteiger charge is 2.32. The lowest BCUT2D eigenvalue weighted by Gasteiger charge is -2.33. The molecule has 3 rings (SSSR count). The summed E-state index contributed by atoms with van der Waals surface area (Å²) < 4.78 is 9.84. The van der Waals surface area contributed by atoms with Crippen LogP contribution in [-0.2, 0) is 27.2 Å². The summed E-state index contributed by atoms with van der Waals surface area (Å²) in [6.07, 6.45) is 0.963. The number of halogens is 1. The molecule has 1 unspecified atom stereocenters. The lowest BCUT2D eigenvalue weighted by atomic mass is 10.0. The van der Waals surface area contributed by atoms with E-state index in [1.807, 2.05) is 38.1 Å². The first-order chi connectivity index (χ1) is 12.6. The first-order valence-electron chi connectivity index (χ1n) is 8.81. The molecule has 1 aliphatic rings. The number of carbonyl (C=O) groups is 1. The minimum Gasteiger partial charge on any atom is -0.468 e. The number of esters is 1. The molecule has 0 bridgehead atoms. The van der Waals surface area contributed by atoms with Crippen molar-refractivity contribution in [2.24, 2.45) is 0 Å². The Bertz CT molecular complexity index is 702. The Morgan fingerprint density at radius 2 is 2.00 bits per heavy atom. The third-order valence-corrected chi connectivity index (χ3v) is 5.60. The maximum atomic E-state index is 12.3. The molecule has 26 heavy (non-hydrogen) atoms. The average molecular weight is 396 g/mol. The van der Waals surface area contributed by atoms with E-state index in [0.29, 0.717) is 5.02 Å². The van der Waals surface area contributed by atoms with E-state index in [9.17, 15) is 4.79 Å². The van der Waals surface area contributed by atoms with Gasteiger partial charge in [0.2, 0.25) is 0 Å². The number of methoxy groups -OCH3 is 1. The van der Waals surface area contributed by atoms with Gasteiger partial charge >= 0.3 is 5.97 Å². The van der Waals surface area contributed by atoms with Gasteiger partial charge in [-0.05, 0) is 48.9 Å². The van der Waals surface area contributed by atoms with Crippen molar-refractivity contribution >= 4 is 28.9 Å². The van der Waals surface area contributed by atoms with Gasteiger partial charge in [-0.15, -0.1) is 11.3 Å². The highest BCUT2D eigenvalue weighted by Crippen LogP contribution is 2.33. The molecule has 1 aromatic carbocycles. The zero-order chi connectivity index (χ0) is 18.9. The first kappa shape index (κ1) is 20.9. The Balaban J connectivity index is 0.000000431. The van der Waals surface area contributed by atoms with Gasteiger partial charge in [0, 0.05) is 36.2 Å². The Kier molecular flexibility index (Phi) is 8.59. The van der Waals surface area contributed by atoms with Gasteiger partial charge in [-0.1, -0.05) is 29.8 Å². The highest BCUT2D eigenvalue weighted by molar-refractivity contribution is 7.10. The molecule has 0 radical (unpaired) electrons. The number of ether oxygens (including phenoxy) is 2. The number of hydrogen-bond donors (Lipinski definition) is 0. The van der Waals surface area contributed by atoms with Crippen LogP contribution in [0.1, 0.15) is 35.9 Å². The number of nitrogens with zero attached hydrogens (tertiary/aromatic N) is 1. The fraction of sp³-hybridized carbons (Fsp3) is 0.450. The number of thiophene rings is 1. The summed E-state index contributed by atoms with van der Waals surface area (Å²) >= 11 is 8.07. The second kappa shape index (κ2) is 10.7. The SMILES string of the molecule is CCOCC.COC(=O)C(c1ccccc1Cl)N1CCc2sccc2C1.